The van der Waals surface area contributed by atoms with Crippen molar-refractivity contribution in [3.8, 4) is 11.3 Å². The Kier molecular flexibility index (Phi) is 6.60. The third kappa shape index (κ3) is 5.29. The van der Waals surface area contributed by atoms with Gasteiger partial charge in [0.15, 0.2) is 0 Å². The van der Waals surface area contributed by atoms with Crippen molar-refractivity contribution in [2.75, 3.05) is 18.4 Å². The molecule has 11 heteroatoms. The van der Waals surface area contributed by atoms with Crippen LogP contribution >= 0.6 is 11.6 Å². The maximum absolute atomic E-state index is 13.3. The molecule has 1 aliphatic rings. The Labute approximate surface area is 194 Å². The largest absolute Gasteiger partial charge is 0.417 e. The van der Waals surface area contributed by atoms with Gasteiger partial charge in [0.2, 0.25) is 16.0 Å². The second-order valence-electron chi connectivity index (χ2n) is 7.59. The number of halogens is 4. The zero-order valence-electron chi connectivity index (χ0n) is 17.3. The first-order chi connectivity index (χ1) is 15.6. The first kappa shape index (κ1) is 23.5. The number of piperidine rings is 1. The number of hydrogen-bond donors (Lipinski definition) is 1. The monoisotopic (exact) mass is 496 g/mol. The summed E-state index contributed by atoms with van der Waals surface area (Å²) in [6.07, 6.45) is -2.33. The minimum Gasteiger partial charge on any atom is -0.351 e. The fourth-order valence-electron chi connectivity index (χ4n) is 3.70. The smallest absolute Gasteiger partial charge is 0.351 e. The van der Waals surface area contributed by atoms with Gasteiger partial charge in [0, 0.05) is 35.9 Å². The minimum absolute atomic E-state index is 0.0864. The lowest BCUT2D eigenvalue weighted by atomic mass is 10.1. The van der Waals surface area contributed by atoms with E-state index in [4.69, 9.17) is 11.6 Å². The van der Waals surface area contributed by atoms with Crippen LogP contribution in [0.5, 0.6) is 0 Å². The van der Waals surface area contributed by atoms with Gasteiger partial charge in [0.1, 0.15) is 0 Å². The van der Waals surface area contributed by atoms with Gasteiger partial charge in [0.25, 0.3) is 0 Å². The summed E-state index contributed by atoms with van der Waals surface area (Å²) in [6.45, 7) is 0.173. The normalized spacial score (nSPS) is 16.0. The lowest BCUT2D eigenvalue weighted by Gasteiger charge is -2.32. The molecule has 0 amide bonds. The van der Waals surface area contributed by atoms with E-state index in [2.05, 4.69) is 15.3 Å². The van der Waals surface area contributed by atoms with Crippen LogP contribution in [0.3, 0.4) is 0 Å². The van der Waals surface area contributed by atoms with Crippen molar-refractivity contribution < 1.29 is 21.6 Å². The number of anilines is 1. The number of nitrogens with one attached hydrogen (secondary N) is 1. The average molecular weight is 497 g/mol. The average Bonchev–Trinajstić information content (AvgIpc) is 2.79. The van der Waals surface area contributed by atoms with Gasteiger partial charge in [0.05, 0.1) is 16.2 Å². The zero-order chi connectivity index (χ0) is 23.6. The van der Waals surface area contributed by atoms with Gasteiger partial charge in [-0.2, -0.15) is 17.5 Å². The maximum Gasteiger partial charge on any atom is 0.417 e. The Morgan fingerprint density at radius 3 is 2.33 bits per heavy atom. The summed E-state index contributed by atoms with van der Waals surface area (Å²) in [7, 11) is -4.27. The predicted molar refractivity (Wildman–Crippen MR) is 119 cm³/mol. The molecule has 0 spiro atoms. The lowest BCUT2D eigenvalue weighted by Crippen LogP contribution is -2.43. The molecule has 0 saturated carbocycles. The first-order valence-corrected chi connectivity index (χ1v) is 12.0. The molecule has 2 heterocycles. The highest BCUT2D eigenvalue weighted by atomic mass is 35.5. The van der Waals surface area contributed by atoms with E-state index in [1.165, 1.54) is 12.1 Å². The molecule has 0 unspecified atom stereocenters. The molecule has 1 N–H and O–H groups in total. The molecule has 0 bridgehead atoms. The summed E-state index contributed by atoms with van der Waals surface area (Å²) >= 11 is 5.93. The molecule has 0 aliphatic carbocycles. The molecule has 0 radical (unpaired) electrons. The Morgan fingerprint density at radius 1 is 1.00 bits per heavy atom. The van der Waals surface area contributed by atoms with Crippen LogP contribution < -0.4 is 5.32 Å². The number of nitrogens with zero attached hydrogens (tertiary/aromatic N) is 3. The second kappa shape index (κ2) is 9.28. The van der Waals surface area contributed by atoms with E-state index in [0.717, 1.165) is 22.0 Å². The molecule has 1 aromatic heterocycles. The molecule has 1 saturated heterocycles. The van der Waals surface area contributed by atoms with Crippen LogP contribution in [0.1, 0.15) is 18.4 Å². The summed E-state index contributed by atoms with van der Waals surface area (Å²) in [5.41, 5.74) is 0.416. The van der Waals surface area contributed by atoms with Crippen molar-refractivity contribution in [2.45, 2.75) is 30.0 Å². The molecule has 0 atom stereocenters. The van der Waals surface area contributed by atoms with Crippen molar-refractivity contribution in [3.63, 3.8) is 0 Å². The van der Waals surface area contributed by atoms with Crippen LogP contribution in [0.2, 0.25) is 5.02 Å². The van der Waals surface area contributed by atoms with Crippen LogP contribution in [0, 0.1) is 0 Å². The van der Waals surface area contributed by atoms with Crippen molar-refractivity contribution in [1.29, 1.82) is 0 Å². The third-order valence-electron chi connectivity index (χ3n) is 5.39. The topological polar surface area (TPSA) is 75.2 Å². The van der Waals surface area contributed by atoms with Crippen LogP contribution in [0.15, 0.2) is 65.7 Å². The summed E-state index contributed by atoms with van der Waals surface area (Å²) in [5.74, 6) is 0.395. The minimum atomic E-state index is -4.75. The third-order valence-corrected chi connectivity index (χ3v) is 7.60. The molecular formula is C22H20ClF3N4O2S. The number of benzene rings is 2. The van der Waals surface area contributed by atoms with E-state index in [9.17, 15) is 21.6 Å². The lowest BCUT2D eigenvalue weighted by molar-refractivity contribution is -0.139. The van der Waals surface area contributed by atoms with Crippen molar-refractivity contribution in [2.24, 2.45) is 0 Å². The van der Waals surface area contributed by atoms with Gasteiger partial charge in [-0.25, -0.2) is 18.4 Å². The van der Waals surface area contributed by atoms with Crippen LogP contribution in [-0.2, 0) is 16.2 Å². The van der Waals surface area contributed by atoms with Gasteiger partial charge in [-0.1, -0.05) is 35.9 Å². The highest BCUT2D eigenvalue weighted by Gasteiger charge is 2.39. The molecule has 33 heavy (non-hydrogen) atoms. The highest BCUT2D eigenvalue weighted by Crippen LogP contribution is 2.35. The highest BCUT2D eigenvalue weighted by molar-refractivity contribution is 7.89. The summed E-state index contributed by atoms with van der Waals surface area (Å²) in [6, 6.07) is 13.1. The SMILES string of the molecule is O=S(=O)(c1ccccc1C(F)(F)F)N1CCC(Nc2nccc(-c3ccc(Cl)cc3)n2)CC1. The van der Waals surface area contributed by atoms with Gasteiger partial charge in [-0.3, -0.25) is 0 Å². The predicted octanol–water partition coefficient (Wildman–Crippen LogP) is 5.08. The van der Waals surface area contributed by atoms with Gasteiger partial charge >= 0.3 is 6.18 Å². The standard InChI is InChI=1S/C22H20ClF3N4O2S/c23-16-7-5-15(6-8-16)19-9-12-27-21(29-19)28-17-10-13-30(14-11-17)33(31,32)20-4-2-1-3-18(20)22(24,25)26/h1-9,12,17H,10-11,13-14H2,(H,27,28,29). The van der Waals surface area contributed by atoms with Crippen LogP contribution in [0.4, 0.5) is 19.1 Å². The van der Waals surface area contributed by atoms with Gasteiger partial charge < -0.3 is 5.32 Å². The molecule has 6 nitrogen and oxygen atoms in total. The van der Waals surface area contributed by atoms with E-state index < -0.39 is 26.7 Å². The fourth-order valence-corrected chi connectivity index (χ4v) is 5.51. The van der Waals surface area contributed by atoms with Crippen molar-refractivity contribution >= 4 is 27.6 Å². The molecule has 1 fully saturated rings. The van der Waals surface area contributed by atoms with Crippen LogP contribution in [-0.4, -0.2) is 41.8 Å². The molecular weight excluding hydrogens is 477 g/mol. The van der Waals surface area contributed by atoms with Gasteiger partial charge in [-0.05, 0) is 43.2 Å². The summed E-state index contributed by atoms with van der Waals surface area (Å²) < 4.78 is 66.9. The molecule has 2 aromatic carbocycles. The summed E-state index contributed by atoms with van der Waals surface area (Å²) in [4.78, 5) is 8.00. The number of hydrogen-bond acceptors (Lipinski definition) is 5. The first-order valence-electron chi connectivity index (χ1n) is 10.2. The zero-order valence-corrected chi connectivity index (χ0v) is 18.8. The Hall–Kier alpha value is -2.69. The van der Waals surface area contributed by atoms with E-state index in [1.54, 1.807) is 24.4 Å². The Bertz CT molecular complexity index is 1230. The number of aromatic nitrogens is 2. The molecule has 1 aliphatic heterocycles. The van der Waals surface area contributed by atoms with E-state index in [-0.39, 0.29) is 19.1 Å². The maximum atomic E-state index is 13.3. The van der Waals surface area contributed by atoms with E-state index in [1.807, 2.05) is 12.1 Å². The van der Waals surface area contributed by atoms with E-state index >= 15 is 0 Å². The van der Waals surface area contributed by atoms with Gasteiger partial charge in [-0.15, -0.1) is 0 Å². The number of rotatable bonds is 5. The fraction of sp³-hybridized carbons (Fsp3) is 0.273. The molecule has 174 valence electrons. The molecule has 3 aromatic rings. The summed E-state index contributed by atoms with van der Waals surface area (Å²) in [5, 5.41) is 3.82. The van der Waals surface area contributed by atoms with Crippen molar-refractivity contribution in [3.05, 3.63) is 71.4 Å². The number of alkyl halides is 3. The Morgan fingerprint density at radius 2 is 1.67 bits per heavy atom. The van der Waals surface area contributed by atoms with Crippen LogP contribution in [0.25, 0.3) is 11.3 Å². The van der Waals surface area contributed by atoms with E-state index in [0.29, 0.717) is 29.5 Å². The Balaban J connectivity index is 1.44. The second-order valence-corrected chi connectivity index (χ2v) is 9.93. The number of sulfonamides is 1. The van der Waals surface area contributed by atoms with Crippen molar-refractivity contribution in [1.82, 2.24) is 14.3 Å². The quantitative estimate of drug-likeness (QED) is 0.533. The molecule has 4 rings (SSSR count).